The number of benzene rings is 1. The third kappa shape index (κ3) is 2.78. The van der Waals surface area contributed by atoms with Crippen LogP contribution in [0.1, 0.15) is 41.9 Å². The first kappa shape index (κ1) is 15.2. The molecule has 2 aromatic heterocycles. The lowest BCUT2D eigenvalue weighted by molar-refractivity contribution is 0.0939. The van der Waals surface area contributed by atoms with Crippen molar-refractivity contribution in [3.63, 3.8) is 0 Å². The van der Waals surface area contributed by atoms with Crippen molar-refractivity contribution < 1.29 is 4.79 Å². The maximum absolute atomic E-state index is 12.8. The van der Waals surface area contributed by atoms with Crippen LogP contribution in [-0.4, -0.2) is 28.4 Å². The van der Waals surface area contributed by atoms with Gasteiger partial charge in [-0.1, -0.05) is 12.1 Å². The van der Waals surface area contributed by atoms with Gasteiger partial charge in [0, 0.05) is 36.6 Å². The lowest BCUT2D eigenvalue weighted by Crippen LogP contribution is -2.29. The second-order valence-corrected chi connectivity index (χ2v) is 7.04. The van der Waals surface area contributed by atoms with Crippen molar-refractivity contribution in [2.75, 3.05) is 18.0 Å². The second-order valence-electron chi connectivity index (χ2n) is 6.17. The minimum atomic E-state index is -0.128. The topological polar surface area (TPSA) is 49.6 Å². The summed E-state index contributed by atoms with van der Waals surface area (Å²) in [5.41, 5.74) is 2.66. The van der Waals surface area contributed by atoms with Gasteiger partial charge < -0.3 is 10.2 Å². The van der Waals surface area contributed by atoms with E-state index >= 15 is 0 Å². The Kier molecular flexibility index (Phi) is 3.98. The molecule has 0 aliphatic carbocycles. The maximum Gasteiger partial charge on any atom is 0.253 e. The second kappa shape index (κ2) is 6.28. The largest absolute Gasteiger partial charge is 0.371 e. The molecule has 6 heteroatoms. The lowest BCUT2D eigenvalue weighted by atomic mass is 10.1. The molecule has 1 aromatic carbocycles. The molecule has 1 amide bonds. The number of hydrogen-bond donors (Lipinski definition) is 1. The lowest BCUT2D eigenvalue weighted by Gasteiger charge is -2.21. The zero-order valence-electron chi connectivity index (χ0n) is 13.6. The standard InChI is InChI=1S/C18H20N4OS/c1-13(15-12-22-10-11-24-18(22)20-15)19-17(23)14-6-2-3-7-16(14)21-8-4-5-9-21/h2-3,6-7,10-13H,4-5,8-9H2,1H3,(H,19,23). The van der Waals surface area contributed by atoms with E-state index < -0.39 is 0 Å². The molecule has 1 aliphatic heterocycles. The monoisotopic (exact) mass is 340 g/mol. The molecule has 0 bridgehead atoms. The van der Waals surface area contributed by atoms with Crippen LogP contribution in [0.5, 0.6) is 0 Å². The number of anilines is 1. The fourth-order valence-electron chi connectivity index (χ4n) is 3.20. The highest BCUT2D eigenvalue weighted by Crippen LogP contribution is 2.25. The summed E-state index contributed by atoms with van der Waals surface area (Å²) in [6.07, 6.45) is 6.34. The van der Waals surface area contributed by atoms with Crippen LogP contribution in [0.25, 0.3) is 4.96 Å². The van der Waals surface area contributed by atoms with E-state index in [1.165, 1.54) is 12.8 Å². The number of amides is 1. The van der Waals surface area contributed by atoms with E-state index in [1.54, 1.807) is 11.3 Å². The smallest absolute Gasteiger partial charge is 0.253 e. The number of thiazole rings is 1. The third-order valence-electron chi connectivity index (χ3n) is 4.50. The van der Waals surface area contributed by atoms with Crippen LogP contribution in [-0.2, 0) is 0 Å². The summed E-state index contributed by atoms with van der Waals surface area (Å²) in [5.74, 6) is -0.0404. The summed E-state index contributed by atoms with van der Waals surface area (Å²) in [4.78, 5) is 20.6. The van der Waals surface area contributed by atoms with Crippen LogP contribution in [0.2, 0.25) is 0 Å². The Labute approximate surface area is 144 Å². The van der Waals surface area contributed by atoms with Crippen LogP contribution < -0.4 is 10.2 Å². The van der Waals surface area contributed by atoms with Gasteiger partial charge in [0.1, 0.15) is 0 Å². The molecule has 1 aliphatic rings. The summed E-state index contributed by atoms with van der Waals surface area (Å²) < 4.78 is 1.99. The summed E-state index contributed by atoms with van der Waals surface area (Å²) >= 11 is 1.59. The minimum absolute atomic E-state index is 0.0404. The molecule has 3 aromatic rings. The van der Waals surface area contributed by atoms with Gasteiger partial charge in [-0.2, -0.15) is 0 Å². The number of carbonyl (C=O) groups is 1. The van der Waals surface area contributed by atoms with E-state index in [2.05, 4.69) is 15.2 Å². The Morgan fingerprint density at radius 1 is 1.29 bits per heavy atom. The first-order valence-electron chi connectivity index (χ1n) is 8.29. The molecule has 1 atom stereocenters. The molecular formula is C18H20N4OS. The van der Waals surface area contributed by atoms with Crippen molar-refractivity contribution in [2.45, 2.75) is 25.8 Å². The summed E-state index contributed by atoms with van der Waals surface area (Å²) in [5, 5.41) is 5.09. The van der Waals surface area contributed by atoms with Gasteiger partial charge in [0.15, 0.2) is 4.96 Å². The number of nitrogens with one attached hydrogen (secondary N) is 1. The highest BCUT2D eigenvalue weighted by molar-refractivity contribution is 7.15. The Bertz CT molecular complexity index is 834. The van der Waals surface area contributed by atoms with Crippen LogP contribution in [0.15, 0.2) is 42.0 Å². The summed E-state index contributed by atoms with van der Waals surface area (Å²) in [6, 6.07) is 7.73. The van der Waals surface area contributed by atoms with Crippen LogP contribution in [0.4, 0.5) is 5.69 Å². The van der Waals surface area contributed by atoms with Crippen molar-refractivity contribution in [3.05, 3.63) is 53.3 Å². The number of para-hydroxylation sites is 1. The molecule has 0 saturated carbocycles. The summed E-state index contributed by atoms with van der Waals surface area (Å²) in [7, 11) is 0. The number of hydrogen-bond acceptors (Lipinski definition) is 4. The highest BCUT2D eigenvalue weighted by atomic mass is 32.1. The third-order valence-corrected chi connectivity index (χ3v) is 5.27. The van der Waals surface area contributed by atoms with E-state index in [-0.39, 0.29) is 11.9 Å². The Morgan fingerprint density at radius 2 is 2.08 bits per heavy atom. The van der Waals surface area contributed by atoms with Gasteiger partial charge in [-0.25, -0.2) is 4.98 Å². The molecule has 1 N–H and O–H groups in total. The molecule has 1 unspecified atom stereocenters. The molecule has 1 fully saturated rings. The van der Waals surface area contributed by atoms with E-state index in [0.29, 0.717) is 0 Å². The molecule has 4 rings (SSSR count). The van der Waals surface area contributed by atoms with Crippen LogP contribution >= 0.6 is 11.3 Å². The number of rotatable bonds is 4. The molecular weight excluding hydrogens is 320 g/mol. The maximum atomic E-state index is 12.8. The van der Waals surface area contributed by atoms with Crippen molar-refractivity contribution in [3.8, 4) is 0 Å². The zero-order valence-corrected chi connectivity index (χ0v) is 14.4. The van der Waals surface area contributed by atoms with Gasteiger partial charge in [0.05, 0.1) is 17.3 Å². The van der Waals surface area contributed by atoms with E-state index in [9.17, 15) is 4.79 Å². The number of aromatic nitrogens is 2. The van der Waals surface area contributed by atoms with Gasteiger partial charge >= 0.3 is 0 Å². The Hall–Kier alpha value is -2.34. The fourth-order valence-corrected chi connectivity index (χ4v) is 3.91. The fraction of sp³-hybridized carbons (Fsp3) is 0.333. The van der Waals surface area contributed by atoms with Gasteiger partial charge in [0.25, 0.3) is 5.91 Å². The number of carbonyl (C=O) groups excluding carboxylic acids is 1. The quantitative estimate of drug-likeness (QED) is 0.791. The molecule has 3 heterocycles. The SMILES string of the molecule is CC(NC(=O)c1ccccc1N1CCCC1)c1cn2ccsc2n1. The number of imidazole rings is 1. The van der Waals surface area contributed by atoms with Crippen LogP contribution in [0, 0.1) is 0 Å². The minimum Gasteiger partial charge on any atom is -0.371 e. The average molecular weight is 340 g/mol. The van der Waals surface area contributed by atoms with Crippen LogP contribution in [0.3, 0.4) is 0 Å². The number of fused-ring (bicyclic) bond motifs is 1. The van der Waals surface area contributed by atoms with E-state index in [4.69, 9.17) is 0 Å². The molecule has 5 nitrogen and oxygen atoms in total. The molecule has 0 radical (unpaired) electrons. The Morgan fingerprint density at radius 3 is 2.88 bits per heavy atom. The van der Waals surface area contributed by atoms with E-state index in [0.717, 1.165) is 35.0 Å². The van der Waals surface area contributed by atoms with Gasteiger partial charge in [-0.3, -0.25) is 9.20 Å². The molecule has 0 spiro atoms. The van der Waals surface area contributed by atoms with Crippen molar-refractivity contribution in [1.29, 1.82) is 0 Å². The van der Waals surface area contributed by atoms with Crippen molar-refractivity contribution in [2.24, 2.45) is 0 Å². The average Bonchev–Trinajstić information content (AvgIpc) is 3.31. The van der Waals surface area contributed by atoms with Crippen molar-refractivity contribution >= 4 is 27.9 Å². The predicted octanol–water partition coefficient (Wildman–Crippen LogP) is 3.49. The van der Waals surface area contributed by atoms with Crippen molar-refractivity contribution in [1.82, 2.24) is 14.7 Å². The first-order valence-corrected chi connectivity index (χ1v) is 9.17. The van der Waals surface area contributed by atoms with E-state index in [1.807, 2.05) is 53.4 Å². The van der Waals surface area contributed by atoms with Gasteiger partial charge in [-0.05, 0) is 31.9 Å². The van der Waals surface area contributed by atoms with Gasteiger partial charge in [0.2, 0.25) is 0 Å². The Balaban J connectivity index is 1.54. The normalized spacial score (nSPS) is 15.8. The number of nitrogens with zero attached hydrogens (tertiary/aromatic N) is 3. The first-order chi connectivity index (χ1) is 11.7. The summed E-state index contributed by atoms with van der Waals surface area (Å²) in [6.45, 7) is 4.02. The molecule has 24 heavy (non-hydrogen) atoms. The predicted molar refractivity (Wildman–Crippen MR) is 96.8 cm³/mol. The van der Waals surface area contributed by atoms with Gasteiger partial charge in [-0.15, -0.1) is 11.3 Å². The highest BCUT2D eigenvalue weighted by Gasteiger charge is 2.21. The molecule has 124 valence electrons. The zero-order chi connectivity index (χ0) is 16.5. The molecule has 1 saturated heterocycles.